The van der Waals surface area contributed by atoms with E-state index in [1.54, 1.807) is 54.6 Å². The van der Waals surface area contributed by atoms with Crippen LogP contribution in [-0.2, 0) is 11.3 Å². The van der Waals surface area contributed by atoms with Crippen molar-refractivity contribution in [2.45, 2.75) is 12.6 Å². The average molecular weight is 518 g/mol. The summed E-state index contributed by atoms with van der Waals surface area (Å²) in [7, 11) is 1.47. The van der Waals surface area contributed by atoms with Crippen molar-refractivity contribution in [3.63, 3.8) is 0 Å². The Labute approximate surface area is 215 Å². The lowest BCUT2D eigenvalue weighted by Crippen LogP contribution is -2.31. The molecule has 0 spiro atoms. The molecule has 0 fully saturated rings. The van der Waals surface area contributed by atoms with Crippen LogP contribution in [0, 0.1) is 0 Å². The number of hydrogen-bond acceptors (Lipinski definition) is 6. The molecular formula is C28H20ClNO7. The van der Waals surface area contributed by atoms with Gasteiger partial charge in [0.2, 0.25) is 5.78 Å². The Morgan fingerprint density at radius 1 is 1.05 bits per heavy atom. The van der Waals surface area contributed by atoms with Gasteiger partial charge in [-0.05, 0) is 48.0 Å². The number of carboxylic acid groups (broad SMARTS) is 1. The first-order valence-electron chi connectivity index (χ1n) is 11.2. The van der Waals surface area contributed by atoms with E-state index in [9.17, 15) is 24.6 Å². The molecule has 4 aromatic rings. The number of hydrogen-bond donors (Lipinski definition) is 2. The number of Topliss-reactive ketones (excluding diaryl/α,β-unsaturated/α-hetero) is 1. The smallest absolute Gasteiger partial charge is 0.335 e. The standard InChI is InChI=1S/C28H20ClNO7/c1-36-21-5-3-2-4-19(21)24-23(25(31)22-13-17-12-18(29)10-11-20(17)37-22)26(32)27(33)30(24)14-15-6-8-16(9-7-15)28(34)35/h2-13,24,32H,14H2,1H3,(H,34,35). The summed E-state index contributed by atoms with van der Waals surface area (Å²) >= 11 is 6.06. The van der Waals surface area contributed by atoms with Crippen molar-refractivity contribution in [2.75, 3.05) is 7.11 Å². The topological polar surface area (TPSA) is 117 Å². The Morgan fingerprint density at radius 3 is 2.49 bits per heavy atom. The molecule has 9 heteroatoms. The van der Waals surface area contributed by atoms with Crippen LogP contribution in [0.15, 0.2) is 88.5 Å². The molecule has 5 rings (SSSR count). The first kappa shape index (κ1) is 24.1. The van der Waals surface area contributed by atoms with Gasteiger partial charge in [0, 0.05) is 22.5 Å². The predicted octanol–water partition coefficient (Wildman–Crippen LogP) is 5.57. The molecule has 0 saturated heterocycles. The molecule has 37 heavy (non-hydrogen) atoms. The van der Waals surface area contributed by atoms with Crippen LogP contribution in [0.25, 0.3) is 11.0 Å². The van der Waals surface area contributed by atoms with E-state index in [1.165, 1.54) is 30.2 Å². The van der Waals surface area contributed by atoms with Crippen LogP contribution in [0.2, 0.25) is 5.02 Å². The summed E-state index contributed by atoms with van der Waals surface area (Å²) in [6.07, 6.45) is 0. The van der Waals surface area contributed by atoms with Gasteiger partial charge in [-0.25, -0.2) is 4.79 Å². The number of carbonyl (C=O) groups is 3. The first-order valence-corrected chi connectivity index (χ1v) is 11.6. The van der Waals surface area contributed by atoms with Gasteiger partial charge in [-0.15, -0.1) is 0 Å². The number of fused-ring (bicyclic) bond motifs is 1. The number of nitrogens with zero attached hydrogens (tertiary/aromatic N) is 1. The second kappa shape index (κ2) is 9.48. The molecule has 1 aromatic heterocycles. The number of methoxy groups -OCH3 is 1. The molecule has 2 N–H and O–H groups in total. The highest BCUT2D eigenvalue weighted by atomic mass is 35.5. The monoisotopic (exact) mass is 517 g/mol. The van der Waals surface area contributed by atoms with Gasteiger partial charge >= 0.3 is 5.97 Å². The van der Waals surface area contributed by atoms with E-state index >= 15 is 0 Å². The summed E-state index contributed by atoms with van der Waals surface area (Å²) in [4.78, 5) is 39.6. The van der Waals surface area contributed by atoms with Crippen LogP contribution >= 0.6 is 11.6 Å². The molecular weight excluding hydrogens is 498 g/mol. The predicted molar refractivity (Wildman–Crippen MR) is 135 cm³/mol. The van der Waals surface area contributed by atoms with E-state index in [0.29, 0.717) is 32.9 Å². The molecule has 1 unspecified atom stereocenters. The number of halogens is 1. The van der Waals surface area contributed by atoms with Gasteiger partial charge in [0.05, 0.1) is 24.3 Å². The molecule has 186 valence electrons. The SMILES string of the molecule is COc1ccccc1C1C(C(=O)c2cc3cc(Cl)ccc3o2)=C(O)C(=O)N1Cc1ccc(C(=O)O)cc1. The van der Waals surface area contributed by atoms with Crippen molar-refractivity contribution in [3.05, 3.63) is 112 Å². The van der Waals surface area contributed by atoms with Crippen LogP contribution in [0.1, 0.15) is 38.1 Å². The molecule has 8 nitrogen and oxygen atoms in total. The Morgan fingerprint density at radius 2 is 1.78 bits per heavy atom. The normalized spacial score (nSPS) is 15.5. The van der Waals surface area contributed by atoms with Crippen molar-refractivity contribution < 1.29 is 33.8 Å². The maximum absolute atomic E-state index is 13.7. The first-order chi connectivity index (χ1) is 17.8. The van der Waals surface area contributed by atoms with Crippen molar-refractivity contribution in [2.24, 2.45) is 0 Å². The van der Waals surface area contributed by atoms with Crippen LogP contribution in [-0.4, -0.2) is 39.9 Å². The summed E-state index contributed by atoms with van der Waals surface area (Å²) in [5.74, 6) is -2.81. The second-order valence-corrected chi connectivity index (χ2v) is 8.90. The Hall–Kier alpha value is -4.56. The van der Waals surface area contributed by atoms with Crippen molar-refractivity contribution in [1.29, 1.82) is 0 Å². The minimum Gasteiger partial charge on any atom is -0.503 e. The molecule has 1 atom stereocenters. The maximum atomic E-state index is 13.7. The van der Waals surface area contributed by atoms with Crippen molar-refractivity contribution >= 4 is 40.2 Å². The number of carboxylic acids is 1. The zero-order valence-electron chi connectivity index (χ0n) is 19.5. The third-order valence-electron chi connectivity index (χ3n) is 6.24. The summed E-state index contributed by atoms with van der Waals surface area (Å²) in [6.45, 7) is -0.00196. The quantitative estimate of drug-likeness (QED) is 0.308. The van der Waals surface area contributed by atoms with E-state index in [1.807, 2.05) is 0 Å². The fourth-order valence-corrected chi connectivity index (χ4v) is 4.65. The highest BCUT2D eigenvalue weighted by Crippen LogP contribution is 2.43. The lowest BCUT2D eigenvalue weighted by atomic mass is 9.94. The largest absolute Gasteiger partial charge is 0.503 e. The molecule has 0 aliphatic carbocycles. The molecule has 3 aromatic carbocycles. The highest BCUT2D eigenvalue weighted by Gasteiger charge is 2.45. The van der Waals surface area contributed by atoms with Crippen LogP contribution in [0.3, 0.4) is 0 Å². The van der Waals surface area contributed by atoms with E-state index in [-0.39, 0.29) is 23.4 Å². The number of ether oxygens (including phenoxy) is 1. The Balaban J connectivity index is 1.60. The van der Waals surface area contributed by atoms with Gasteiger partial charge in [0.15, 0.2) is 11.5 Å². The molecule has 1 aliphatic rings. The van der Waals surface area contributed by atoms with E-state index in [0.717, 1.165) is 0 Å². The van der Waals surface area contributed by atoms with Crippen LogP contribution in [0.5, 0.6) is 5.75 Å². The zero-order chi connectivity index (χ0) is 26.3. The van der Waals surface area contributed by atoms with E-state index in [4.69, 9.17) is 20.8 Å². The molecule has 0 saturated carbocycles. The molecule has 0 radical (unpaired) electrons. The number of benzene rings is 3. The van der Waals surface area contributed by atoms with Gasteiger partial charge in [-0.1, -0.05) is 41.9 Å². The Kier molecular flexibility index (Phi) is 6.19. The number of rotatable bonds is 7. The summed E-state index contributed by atoms with van der Waals surface area (Å²) in [5, 5.41) is 21.2. The fourth-order valence-electron chi connectivity index (χ4n) is 4.47. The molecule has 1 aliphatic heterocycles. The number of aliphatic hydroxyl groups is 1. The number of aliphatic hydroxyl groups excluding tert-OH is 1. The lowest BCUT2D eigenvalue weighted by molar-refractivity contribution is -0.130. The summed E-state index contributed by atoms with van der Waals surface area (Å²) in [6, 6.07) is 18.3. The summed E-state index contributed by atoms with van der Waals surface area (Å²) in [5.41, 5.74) is 1.48. The van der Waals surface area contributed by atoms with Crippen molar-refractivity contribution in [3.8, 4) is 5.75 Å². The number of furan rings is 1. The number of aromatic carboxylic acids is 1. The van der Waals surface area contributed by atoms with Crippen molar-refractivity contribution in [1.82, 2.24) is 4.90 Å². The lowest BCUT2D eigenvalue weighted by Gasteiger charge is -2.28. The van der Waals surface area contributed by atoms with Crippen LogP contribution < -0.4 is 4.74 Å². The number of para-hydroxylation sites is 1. The maximum Gasteiger partial charge on any atom is 0.335 e. The zero-order valence-corrected chi connectivity index (χ0v) is 20.2. The minimum atomic E-state index is -1.07. The number of amides is 1. The fraction of sp³-hybridized carbons (Fsp3) is 0.107. The van der Waals surface area contributed by atoms with Gasteiger partial charge < -0.3 is 24.3 Å². The summed E-state index contributed by atoms with van der Waals surface area (Å²) < 4.78 is 11.2. The molecule has 0 bridgehead atoms. The number of ketones is 1. The van der Waals surface area contributed by atoms with Crippen LogP contribution in [0.4, 0.5) is 0 Å². The van der Waals surface area contributed by atoms with Gasteiger partial charge in [-0.3, -0.25) is 9.59 Å². The third-order valence-corrected chi connectivity index (χ3v) is 6.47. The van der Waals surface area contributed by atoms with E-state index in [2.05, 4.69) is 0 Å². The molecule has 1 amide bonds. The van der Waals surface area contributed by atoms with Gasteiger partial charge in [-0.2, -0.15) is 0 Å². The average Bonchev–Trinajstić information content (AvgIpc) is 3.42. The number of carbonyl (C=O) groups excluding carboxylic acids is 2. The third kappa shape index (κ3) is 4.32. The van der Waals surface area contributed by atoms with E-state index < -0.39 is 29.5 Å². The van der Waals surface area contributed by atoms with Gasteiger partial charge in [0.1, 0.15) is 11.3 Å². The highest BCUT2D eigenvalue weighted by molar-refractivity contribution is 6.31. The second-order valence-electron chi connectivity index (χ2n) is 8.46. The minimum absolute atomic E-state index is 0.00196. The van der Waals surface area contributed by atoms with Gasteiger partial charge in [0.25, 0.3) is 5.91 Å². The molecule has 2 heterocycles. The Bertz CT molecular complexity index is 1590.